The molecular formula is C13H15N. The molecule has 0 fully saturated rings. The highest BCUT2D eigenvalue weighted by molar-refractivity contribution is 5.44. The lowest BCUT2D eigenvalue weighted by Crippen LogP contribution is -2.07. The maximum absolute atomic E-state index is 5.77. The van der Waals surface area contributed by atoms with Crippen molar-refractivity contribution in [1.82, 2.24) is 0 Å². The molecule has 0 radical (unpaired) electrons. The lowest BCUT2D eigenvalue weighted by Gasteiger charge is -2.20. The third kappa shape index (κ3) is 1.72. The van der Waals surface area contributed by atoms with Gasteiger partial charge in [-0.3, -0.25) is 0 Å². The molecule has 0 saturated carbocycles. The summed E-state index contributed by atoms with van der Waals surface area (Å²) in [4.78, 5) is 0. The fourth-order valence-electron chi connectivity index (χ4n) is 1.90. The minimum atomic E-state index is 0.475. The Kier molecular flexibility index (Phi) is 2.40. The van der Waals surface area contributed by atoms with Gasteiger partial charge >= 0.3 is 0 Å². The Labute approximate surface area is 84.9 Å². The molecule has 0 amide bonds. The molecule has 1 aliphatic carbocycles. The van der Waals surface area contributed by atoms with Crippen LogP contribution in [0.3, 0.4) is 0 Å². The maximum atomic E-state index is 5.77. The molecule has 1 heteroatoms. The minimum Gasteiger partial charge on any atom is -0.399 e. The molecule has 72 valence electrons. The van der Waals surface area contributed by atoms with Crippen molar-refractivity contribution in [3.63, 3.8) is 0 Å². The SMILES string of the molecule is CC1C=CC=CC1c1cccc(N)c1. The van der Waals surface area contributed by atoms with E-state index >= 15 is 0 Å². The number of nitrogen functional groups attached to an aromatic ring is 1. The Morgan fingerprint density at radius 2 is 1.93 bits per heavy atom. The normalized spacial score (nSPS) is 25.2. The van der Waals surface area contributed by atoms with Crippen LogP contribution in [0.2, 0.25) is 0 Å². The van der Waals surface area contributed by atoms with Gasteiger partial charge in [-0.2, -0.15) is 0 Å². The number of benzene rings is 1. The molecule has 0 aromatic heterocycles. The van der Waals surface area contributed by atoms with Crippen LogP contribution in [-0.4, -0.2) is 0 Å². The van der Waals surface area contributed by atoms with Crippen LogP contribution in [0.25, 0.3) is 0 Å². The van der Waals surface area contributed by atoms with Crippen molar-refractivity contribution < 1.29 is 0 Å². The first-order chi connectivity index (χ1) is 6.77. The van der Waals surface area contributed by atoms with Gasteiger partial charge in [0.25, 0.3) is 0 Å². The Balaban J connectivity index is 2.31. The molecule has 2 atom stereocenters. The fourth-order valence-corrected chi connectivity index (χ4v) is 1.90. The van der Waals surface area contributed by atoms with Crippen LogP contribution in [0.5, 0.6) is 0 Å². The van der Waals surface area contributed by atoms with E-state index in [9.17, 15) is 0 Å². The van der Waals surface area contributed by atoms with Crippen LogP contribution in [0.4, 0.5) is 5.69 Å². The number of rotatable bonds is 1. The van der Waals surface area contributed by atoms with E-state index < -0.39 is 0 Å². The molecule has 1 aliphatic rings. The monoisotopic (exact) mass is 185 g/mol. The Morgan fingerprint density at radius 3 is 2.64 bits per heavy atom. The summed E-state index contributed by atoms with van der Waals surface area (Å²) in [5.41, 5.74) is 7.92. The van der Waals surface area contributed by atoms with E-state index in [2.05, 4.69) is 43.4 Å². The van der Waals surface area contributed by atoms with Crippen molar-refractivity contribution in [2.75, 3.05) is 5.73 Å². The van der Waals surface area contributed by atoms with Crippen LogP contribution in [0.15, 0.2) is 48.6 Å². The van der Waals surface area contributed by atoms with Gasteiger partial charge in [0.05, 0.1) is 0 Å². The molecular weight excluding hydrogens is 170 g/mol. The van der Waals surface area contributed by atoms with Crippen molar-refractivity contribution in [2.45, 2.75) is 12.8 Å². The minimum absolute atomic E-state index is 0.475. The lowest BCUT2D eigenvalue weighted by atomic mass is 9.84. The summed E-state index contributed by atoms with van der Waals surface area (Å²) < 4.78 is 0. The molecule has 1 nitrogen and oxygen atoms in total. The zero-order valence-electron chi connectivity index (χ0n) is 8.35. The van der Waals surface area contributed by atoms with Crippen LogP contribution in [0, 0.1) is 5.92 Å². The van der Waals surface area contributed by atoms with Crippen LogP contribution in [0.1, 0.15) is 18.4 Å². The first-order valence-electron chi connectivity index (χ1n) is 4.98. The molecule has 1 aromatic carbocycles. The van der Waals surface area contributed by atoms with E-state index in [4.69, 9.17) is 5.73 Å². The number of allylic oxidation sites excluding steroid dienone is 4. The summed E-state index contributed by atoms with van der Waals surface area (Å²) in [7, 11) is 0. The molecule has 0 saturated heterocycles. The topological polar surface area (TPSA) is 26.0 Å². The van der Waals surface area contributed by atoms with Gasteiger partial charge in [-0.15, -0.1) is 0 Å². The Hall–Kier alpha value is -1.50. The standard InChI is InChI=1S/C13H15N/c1-10-5-2-3-8-13(10)11-6-4-7-12(14)9-11/h2-10,13H,14H2,1H3. The van der Waals surface area contributed by atoms with Gasteiger partial charge in [0.2, 0.25) is 0 Å². The first kappa shape index (κ1) is 9.07. The number of anilines is 1. The van der Waals surface area contributed by atoms with E-state index in [0.29, 0.717) is 11.8 Å². The molecule has 2 unspecified atom stereocenters. The van der Waals surface area contributed by atoms with Gasteiger partial charge in [-0.05, 0) is 23.6 Å². The average molecular weight is 185 g/mol. The number of hydrogen-bond acceptors (Lipinski definition) is 1. The molecule has 14 heavy (non-hydrogen) atoms. The summed E-state index contributed by atoms with van der Waals surface area (Å²) in [5.74, 6) is 1.03. The van der Waals surface area contributed by atoms with E-state index in [1.165, 1.54) is 5.56 Å². The van der Waals surface area contributed by atoms with Crippen LogP contribution in [-0.2, 0) is 0 Å². The molecule has 0 bridgehead atoms. The van der Waals surface area contributed by atoms with Crippen molar-refractivity contribution in [2.24, 2.45) is 5.92 Å². The third-order valence-corrected chi connectivity index (χ3v) is 2.71. The highest BCUT2D eigenvalue weighted by Crippen LogP contribution is 2.30. The Bertz CT molecular complexity index is 377. The molecule has 0 aliphatic heterocycles. The lowest BCUT2D eigenvalue weighted by molar-refractivity contribution is 0.635. The van der Waals surface area contributed by atoms with Gasteiger partial charge in [-0.25, -0.2) is 0 Å². The van der Waals surface area contributed by atoms with Gasteiger partial charge in [0.1, 0.15) is 0 Å². The van der Waals surface area contributed by atoms with Crippen molar-refractivity contribution in [3.8, 4) is 0 Å². The maximum Gasteiger partial charge on any atom is 0.0316 e. The van der Waals surface area contributed by atoms with E-state index in [1.54, 1.807) is 0 Å². The second-order valence-electron chi connectivity index (χ2n) is 3.82. The van der Waals surface area contributed by atoms with Gasteiger partial charge in [-0.1, -0.05) is 43.4 Å². The second-order valence-corrected chi connectivity index (χ2v) is 3.82. The molecule has 1 aromatic rings. The van der Waals surface area contributed by atoms with Crippen molar-refractivity contribution in [1.29, 1.82) is 0 Å². The fraction of sp³-hybridized carbons (Fsp3) is 0.231. The smallest absolute Gasteiger partial charge is 0.0316 e. The van der Waals surface area contributed by atoms with Gasteiger partial charge in [0, 0.05) is 11.6 Å². The van der Waals surface area contributed by atoms with Crippen LogP contribution < -0.4 is 5.73 Å². The van der Waals surface area contributed by atoms with Crippen molar-refractivity contribution >= 4 is 5.69 Å². The predicted molar refractivity (Wildman–Crippen MR) is 61.0 cm³/mol. The second kappa shape index (κ2) is 3.70. The summed E-state index contributed by atoms with van der Waals surface area (Å²) in [6, 6.07) is 8.14. The number of nitrogens with two attached hydrogens (primary N) is 1. The van der Waals surface area contributed by atoms with E-state index in [-0.39, 0.29) is 0 Å². The predicted octanol–water partition coefficient (Wildman–Crippen LogP) is 3.11. The average Bonchev–Trinajstić information content (AvgIpc) is 2.18. The van der Waals surface area contributed by atoms with Gasteiger partial charge in [0.15, 0.2) is 0 Å². The highest BCUT2D eigenvalue weighted by atomic mass is 14.5. The number of hydrogen-bond donors (Lipinski definition) is 1. The zero-order chi connectivity index (χ0) is 9.97. The molecule has 2 rings (SSSR count). The summed E-state index contributed by atoms with van der Waals surface area (Å²) in [6.07, 6.45) is 8.68. The quantitative estimate of drug-likeness (QED) is 0.668. The van der Waals surface area contributed by atoms with E-state index in [0.717, 1.165) is 5.69 Å². The third-order valence-electron chi connectivity index (χ3n) is 2.71. The Morgan fingerprint density at radius 1 is 1.14 bits per heavy atom. The van der Waals surface area contributed by atoms with Gasteiger partial charge < -0.3 is 5.73 Å². The zero-order valence-corrected chi connectivity index (χ0v) is 8.35. The first-order valence-corrected chi connectivity index (χ1v) is 4.98. The summed E-state index contributed by atoms with van der Waals surface area (Å²) >= 11 is 0. The summed E-state index contributed by atoms with van der Waals surface area (Å²) in [5, 5.41) is 0. The van der Waals surface area contributed by atoms with E-state index in [1.807, 2.05) is 12.1 Å². The highest BCUT2D eigenvalue weighted by Gasteiger charge is 2.15. The molecule has 0 heterocycles. The summed E-state index contributed by atoms with van der Waals surface area (Å²) in [6.45, 7) is 2.23. The van der Waals surface area contributed by atoms with Crippen molar-refractivity contribution in [3.05, 3.63) is 54.1 Å². The molecule has 0 spiro atoms. The largest absolute Gasteiger partial charge is 0.399 e. The molecule has 2 N–H and O–H groups in total. The van der Waals surface area contributed by atoms with Crippen LogP contribution >= 0.6 is 0 Å².